The lowest BCUT2D eigenvalue weighted by atomic mass is 10.1. The van der Waals surface area contributed by atoms with Gasteiger partial charge in [0.1, 0.15) is 22.8 Å². The van der Waals surface area contributed by atoms with E-state index in [0.29, 0.717) is 10.8 Å². The number of nitrogens with zero attached hydrogens (tertiary/aromatic N) is 1. The second-order valence-electron chi connectivity index (χ2n) is 9.75. The van der Waals surface area contributed by atoms with Crippen LogP contribution in [0.15, 0.2) is 99.9 Å². The highest BCUT2D eigenvalue weighted by atomic mass is 79.9. The van der Waals surface area contributed by atoms with Crippen molar-refractivity contribution in [2.24, 2.45) is 0 Å². The zero-order valence-corrected chi connectivity index (χ0v) is 26.9. The van der Waals surface area contributed by atoms with Gasteiger partial charge in [0.15, 0.2) is 11.5 Å². The molecule has 0 atom stereocenters. The van der Waals surface area contributed by atoms with Crippen LogP contribution in [0.5, 0.6) is 17.2 Å². The summed E-state index contributed by atoms with van der Waals surface area (Å²) in [6.07, 6.45) is 1.26. The molecular weight excluding hydrogens is 688 g/mol. The number of carbonyl (C=O) groups excluding carboxylic acids is 3. The first-order valence-electron chi connectivity index (χ1n) is 13.2. The van der Waals surface area contributed by atoms with Crippen LogP contribution in [-0.4, -0.2) is 33.4 Å². The Hall–Kier alpha value is -4.65. The van der Waals surface area contributed by atoms with Crippen LogP contribution in [0.25, 0.3) is 6.08 Å². The summed E-state index contributed by atoms with van der Waals surface area (Å²) in [7, 11) is -2.90. The Labute approximate surface area is 272 Å². The maximum atomic E-state index is 13.4. The summed E-state index contributed by atoms with van der Waals surface area (Å²) >= 11 is 9.22. The van der Waals surface area contributed by atoms with Gasteiger partial charge in [-0.05, 0) is 101 Å². The Morgan fingerprint density at radius 2 is 1.60 bits per heavy atom. The summed E-state index contributed by atoms with van der Waals surface area (Å²) in [6.45, 7) is 2.11. The first-order chi connectivity index (χ1) is 21.4. The third-order valence-corrected chi connectivity index (χ3v) is 8.66. The number of benzene rings is 4. The van der Waals surface area contributed by atoms with E-state index in [1.54, 1.807) is 36.4 Å². The average molecular weight is 712 g/mol. The molecule has 1 N–H and O–H groups in total. The van der Waals surface area contributed by atoms with E-state index in [1.807, 2.05) is 19.1 Å². The molecular formula is C32H24BrClN2O8S. The summed E-state index contributed by atoms with van der Waals surface area (Å²) in [5.74, 6) is -1.39. The molecule has 0 radical (unpaired) electrons. The molecule has 230 valence electrons. The largest absolute Gasteiger partial charge is 0.493 e. The molecule has 5 rings (SSSR count). The van der Waals surface area contributed by atoms with Crippen LogP contribution in [0, 0.1) is 6.92 Å². The normalized spacial score (nSPS) is 14.4. The number of barbiturate groups is 1. The number of rotatable bonds is 9. The number of urea groups is 1. The van der Waals surface area contributed by atoms with E-state index in [0.717, 1.165) is 16.0 Å². The van der Waals surface area contributed by atoms with E-state index in [1.165, 1.54) is 49.6 Å². The Morgan fingerprint density at radius 3 is 2.24 bits per heavy atom. The van der Waals surface area contributed by atoms with Gasteiger partial charge >= 0.3 is 16.1 Å². The van der Waals surface area contributed by atoms with Crippen LogP contribution >= 0.6 is 27.5 Å². The second-order valence-corrected chi connectivity index (χ2v) is 12.6. The van der Waals surface area contributed by atoms with Gasteiger partial charge in [-0.25, -0.2) is 9.69 Å². The topological polar surface area (TPSA) is 128 Å². The molecule has 0 aliphatic carbocycles. The predicted molar refractivity (Wildman–Crippen MR) is 171 cm³/mol. The van der Waals surface area contributed by atoms with Gasteiger partial charge in [0, 0.05) is 5.02 Å². The van der Waals surface area contributed by atoms with E-state index in [-0.39, 0.29) is 44.3 Å². The number of hydrogen-bond acceptors (Lipinski definition) is 8. The number of carbonyl (C=O) groups is 3. The molecule has 4 amide bonds. The molecule has 0 unspecified atom stereocenters. The highest BCUT2D eigenvalue weighted by molar-refractivity contribution is 9.10. The van der Waals surface area contributed by atoms with E-state index in [9.17, 15) is 22.8 Å². The predicted octanol–water partition coefficient (Wildman–Crippen LogP) is 6.43. The molecule has 4 aromatic carbocycles. The number of aryl methyl sites for hydroxylation is 1. The first-order valence-corrected chi connectivity index (χ1v) is 15.8. The molecule has 0 saturated carbocycles. The zero-order chi connectivity index (χ0) is 32.3. The van der Waals surface area contributed by atoms with E-state index in [2.05, 4.69) is 21.2 Å². The summed E-state index contributed by atoms with van der Waals surface area (Å²) in [5, 5.41) is 2.78. The van der Waals surface area contributed by atoms with E-state index >= 15 is 0 Å². The summed E-state index contributed by atoms with van der Waals surface area (Å²) < 4.78 is 42.5. The lowest BCUT2D eigenvalue weighted by Crippen LogP contribution is -2.54. The van der Waals surface area contributed by atoms with Gasteiger partial charge in [-0.3, -0.25) is 14.9 Å². The van der Waals surface area contributed by atoms with Gasteiger partial charge in [0.2, 0.25) is 0 Å². The number of imide groups is 2. The van der Waals surface area contributed by atoms with Crippen LogP contribution in [0.1, 0.15) is 16.7 Å². The standard InChI is InChI=1S/C32H24BrClN2O8S/c1-19-3-13-25(14-4-19)45(40,41)44-29-27(33)16-21(17-28(29)42-2)15-26-30(37)35-32(39)36(31(26)38)23-9-11-24(12-10-23)43-18-20-5-7-22(34)8-6-20/h3-17H,18H2,1-2H3,(H,35,37,39)/b26-15+. The third-order valence-electron chi connectivity index (χ3n) is 6.58. The fraction of sp³-hybridized carbons (Fsp3) is 0.0938. The fourth-order valence-electron chi connectivity index (χ4n) is 4.26. The summed E-state index contributed by atoms with van der Waals surface area (Å²) in [5.41, 5.74) is 1.93. The van der Waals surface area contributed by atoms with Crippen molar-refractivity contribution in [2.75, 3.05) is 12.0 Å². The van der Waals surface area contributed by atoms with Crippen LogP contribution in [0.4, 0.5) is 10.5 Å². The molecule has 45 heavy (non-hydrogen) atoms. The lowest BCUT2D eigenvalue weighted by molar-refractivity contribution is -0.122. The fourth-order valence-corrected chi connectivity index (χ4v) is 5.99. The average Bonchev–Trinajstić information content (AvgIpc) is 3.01. The molecule has 0 bridgehead atoms. The van der Waals surface area contributed by atoms with Gasteiger partial charge in [-0.1, -0.05) is 41.4 Å². The lowest BCUT2D eigenvalue weighted by Gasteiger charge is -2.26. The van der Waals surface area contributed by atoms with Crippen LogP contribution in [0.3, 0.4) is 0 Å². The van der Waals surface area contributed by atoms with Crippen LogP contribution < -0.4 is 23.9 Å². The molecule has 1 fully saturated rings. The first kappa shape index (κ1) is 31.8. The summed E-state index contributed by atoms with van der Waals surface area (Å²) in [6, 6.07) is 21.5. The number of amides is 4. The smallest absolute Gasteiger partial charge is 0.339 e. The molecule has 1 aliphatic heterocycles. The molecule has 1 heterocycles. The van der Waals surface area contributed by atoms with Crippen LogP contribution in [0.2, 0.25) is 5.02 Å². The number of ether oxygens (including phenoxy) is 2. The van der Waals surface area contributed by atoms with Gasteiger partial charge in [-0.2, -0.15) is 8.42 Å². The van der Waals surface area contributed by atoms with Crippen molar-refractivity contribution in [1.29, 1.82) is 0 Å². The quantitative estimate of drug-likeness (QED) is 0.120. The summed E-state index contributed by atoms with van der Waals surface area (Å²) in [4.78, 5) is 39.7. The maximum Gasteiger partial charge on any atom is 0.339 e. The highest BCUT2D eigenvalue weighted by Gasteiger charge is 2.37. The van der Waals surface area contributed by atoms with Crippen molar-refractivity contribution >= 4 is 67.3 Å². The maximum absolute atomic E-state index is 13.4. The molecule has 0 spiro atoms. The van der Waals surface area contributed by atoms with E-state index in [4.69, 9.17) is 25.3 Å². The van der Waals surface area contributed by atoms with Crippen molar-refractivity contribution in [3.8, 4) is 17.2 Å². The van der Waals surface area contributed by atoms with E-state index < -0.39 is 28.0 Å². The SMILES string of the molecule is COc1cc(/C=C2\C(=O)NC(=O)N(c3ccc(OCc4ccc(Cl)cc4)cc3)C2=O)cc(Br)c1OS(=O)(=O)c1ccc(C)cc1. The van der Waals surface area contributed by atoms with Gasteiger partial charge in [0.25, 0.3) is 11.8 Å². The minimum absolute atomic E-state index is 0.0118. The third kappa shape index (κ3) is 7.19. The van der Waals surface area contributed by atoms with Crippen LogP contribution in [-0.2, 0) is 26.3 Å². The minimum atomic E-state index is -4.21. The number of nitrogens with one attached hydrogen (secondary N) is 1. The Balaban J connectivity index is 1.37. The van der Waals surface area contributed by atoms with Crippen molar-refractivity contribution in [1.82, 2.24) is 5.32 Å². The number of hydrogen-bond donors (Lipinski definition) is 1. The van der Waals surface area contributed by atoms with Crippen molar-refractivity contribution in [2.45, 2.75) is 18.4 Å². The molecule has 1 saturated heterocycles. The zero-order valence-electron chi connectivity index (χ0n) is 23.7. The van der Waals surface area contributed by atoms with Crippen molar-refractivity contribution < 1.29 is 36.5 Å². The number of anilines is 1. The van der Waals surface area contributed by atoms with Crippen molar-refractivity contribution in [3.63, 3.8) is 0 Å². The number of halogens is 2. The Morgan fingerprint density at radius 1 is 0.933 bits per heavy atom. The molecule has 1 aliphatic rings. The van der Waals surface area contributed by atoms with Gasteiger partial charge in [0.05, 0.1) is 17.3 Å². The highest BCUT2D eigenvalue weighted by Crippen LogP contribution is 2.39. The Bertz CT molecular complexity index is 1930. The number of methoxy groups -OCH3 is 1. The molecule has 4 aromatic rings. The minimum Gasteiger partial charge on any atom is -0.493 e. The van der Waals surface area contributed by atoms with Crippen molar-refractivity contribution in [3.05, 3.63) is 117 Å². The van der Waals surface area contributed by atoms with Gasteiger partial charge < -0.3 is 13.7 Å². The molecule has 10 nitrogen and oxygen atoms in total. The monoisotopic (exact) mass is 710 g/mol. The second kappa shape index (κ2) is 13.1. The molecule has 13 heteroatoms. The molecule has 0 aromatic heterocycles. The Kier molecular flexibility index (Phi) is 9.28. The van der Waals surface area contributed by atoms with Gasteiger partial charge in [-0.15, -0.1) is 0 Å².